The number of hydrogen-bond donors (Lipinski definition) is 0. The van der Waals surface area contributed by atoms with Crippen LogP contribution in [0.4, 0.5) is 4.39 Å². The van der Waals surface area contributed by atoms with Gasteiger partial charge in [-0.15, -0.1) is 5.92 Å². The van der Waals surface area contributed by atoms with Crippen molar-refractivity contribution < 1.29 is 80.3 Å². The van der Waals surface area contributed by atoms with Gasteiger partial charge in [-0.05, 0) is 50.9 Å². The summed E-state index contributed by atoms with van der Waals surface area (Å²) in [6.07, 6.45) is 9.06. The Balaban J connectivity index is 0.00000216. The molecule has 1 aliphatic heterocycles. The van der Waals surface area contributed by atoms with E-state index in [0.717, 1.165) is 24.1 Å². The van der Waals surface area contributed by atoms with Crippen molar-refractivity contribution in [1.82, 2.24) is 0 Å². The van der Waals surface area contributed by atoms with Crippen LogP contribution in [0.3, 0.4) is 0 Å². The second kappa shape index (κ2) is 15.4. The van der Waals surface area contributed by atoms with Gasteiger partial charge in [0.2, 0.25) is 0 Å². The minimum atomic E-state index is -1.50. The Labute approximate surface area is 270 Å². The van der Waals surface area contributed by atoms with E-state index < -0.39 is 5.67 Å². The second-order valence-corrected chi connectivity index (χ2v) is 10.6. The van der Waals surface area contributed by atoms with Gasteiger partial charge in [0.1, 0.15) is 7.28 Å². The average Bonchev–Trinajstić information content (AvgIpc) is 2.84. The maximum atomic E-state index is 15.7. The summed E-state index contributed by atoms with van der Waals surface area (Å²) < 4.78 is 21.8. The van der Waals surface area contributed by atoms with Crippen LogP contribution >= 0.6 is 0 Å². The van der Waals surface area contributed by atoms with Crippen LogP contribution in [0.5, 0.6) is 0 Å². The Hall–Kier alpha value is -0.215. The minimum absolute atomic E-state index is 0. The molecule has 191 valence electrons. The molecule has 2 aliphatic rings. The summed E-state index contributed by atoms with van der Waals surface area (Å²) in [5, 5.41) is 0. The second-order valence-electron chi connectivity index (χ2n) is 10.6. The van der Waals surface area contributed by atoms with E-state index in [1.807, 2.05) is 25.0 Å². The monoisotopic (exact) mass is 965 g/mol. The number of rotatable bonds is 7. The van der Waals surface area contributed by atoms with Gasteiger partial charge in [-0.2, -0.15) is 34.8 Å². The molecule has 6 heteroatoms. The number of benzene rings is 2. The van der Waals surface area contributed by atoms with Crippen LogP contribution in [-0.4, -0.2) is 20.0 Å². The standard InChI is InChI=1S/C30H38BFO.Cm.2La/c1-5-23-18-22(7-16-28(23)31-4)19-30(3,32)27-14-12-25(13-15-27)24-8-10-26(11-9-24)29-17-6-21(2)20-33-29;;;/h7,12-13,18,21,24,26,29H,5-6,8-11,17,19-20H2,1-4H3;;;/q-3;;;. The van der Waals surface area contributed by atoms with Gasteiger partial charge in [0, 0.05) is 77.8 Å². The zero-order valence-corrected chi connectivity index (χ0v) is 32.6. The number of hydrogen-bond acceptors (Lipinski definition) is 1. The van der Waals surface area contributed by atoms with Gasteiger partial charge in [-0.3, -0.25) is 23.3 Å². The van der Waals surface area contributed by atoms with Crippen LogP contribution in [-0.2, 0) is 23.2 Å². The Kier molecular flexibility index (Phi) is 14.5. The smallest absolute Gasteiger partial charge is 0.116 e. The first-order valence-corrected chi connectivity index (χ1v) is 13.0. The first kappa shape index (κ1) is 33.8. The van der Waals surface area contributed by atoms with E-state index in [-0.39, 0.29) is 71.2 Å². The van der Waals surface area contributed by atoms with Gasteiger partial charge < -0.3 is 16.9 Å². The quantitative estimate of drug-likeness (QED) is 0.227. The van der Waals surface area contributed by atoms with Crippen molar-refractivity contribution >= 4 is 12.7 Å². The van der Waals surface area contributed by atoms with E-state index in [1.54, 1.807) is 6.92 Å². The Morgan fingerprint density at radius 2 is 1.69 bits per heavy atom. The molecule has 0 aromatic heterocycles. The van der Waals surface area contributed by atoms with Crippen molar-refractivity contribution in [3.05, 3.63) is 64.7 Å². The van der Waals surface area contributed by atoms with Gasteiger partial charge in [-0.1, -0.05) is 39.9 Å². The number of aryl methyl sites for hydroxylation is 1. The molecule has 36 heavy (non-hydrogen) atoms. The molecule has 3 radical (unpaired) electrons. The molecule has 0 amide bonds. The molecule has 0 N–H and O–H groups in total. The average molecular weight is 969 g/mol. The van der Waals surface area contributed by atoms with Crippen LogP contribution in [0.2, 0.25) is 6.82 Å². The molecule has 1 nitrogen and oxygen atoms in total. The zero-order valence-electron chi connectivity index (χ0n) is 22.4. The van der Waals surface area contributed by atoms with Crippen LogP contribution < -0.4 is 5.46 Å². The van der Waals surface area contributed by atoms with Gasteiger partial charge >= 0.3 is 0 Å². The van der Waals surface area contributed by atoms with E-state index >= 15 is 4.39 Å². The van der Waals surface area contributed by atoms with Gasteiger partial charge in [0.15, 0.2) is 0 Å². The SMILES string of the molecule is C[B]c1[c-]cc(CC(C)(F)c2[c-]cc(C3CCC(C4CCC(C)CO4)CC3)c[c-]2)cc1CC.[Cm].[La].[La]. The molecule has 1 aliphatic carbocycles. The van der Waals surface area contributed by atoms with Crippen molar-refractivity contribution in [3.8, 4) is 0 Å². The van der Waals surface area contributed by atoms with Gasteiger partial charge in [-0.25, -0.2) is 4.39 Å². The summed E-state index contributed by atoms with van der Waals surface area (Å²) in [6.45, 7) is 9.01. The molecular formula is C30H38BCmFLa2O-3. The molecule has 1 heterocycles. The summed E-state index contributed by atoms with van der Waals surface area (Å²) in [4.78, 5) is 0. The molecule has 3 atom stereocenters. The van der Waals surface area contributed by atoms with Crippen molar-refractivity contribution in [2.24, 2.45) is 11.8 Å². The summed E-state index contributed by atoms with van der Waals surface area (Å²) in [6, 6.07) is 17.9. The predicted molar refractivity (Wildman–Crippen MR) is 135 cm³/mol. The summed E-state index contributed by atoms with van der Waals surface area (Å²) in [5.74, 6) is 1.96. The van der Waals surface area contributed by atoms with E-state index in [0.29, 0.717) is 35.8 Å². The van der Waals surface area contributed by atoms with Gasteiger partial charge in [0.05, 0.1) is 11.8 Å². The topological polar surface area (TPSA) is 9.23 Å². The number of alkyl halides is 1. The third kappa shape index (κ3) is 8.39. The number of ether oxygens (including phenoxy) is 1. The fourth-order valence-electron chi connectivity index (χ4n) is 5.77. The third-order valence-electron chi connectivity index (χ3n) is 7.92. The van der Waals surface area contributed by atoms with Crippen molar-refractivity contribution in [1.29, 1.82) is 0 Å². The normalized spacial score (nSPS) is 25.4. The molecule has 0 bridgehead atoms. The summed E-state index contributed by atoms with van der Waals surface area (Å²) >= 11 is 0. The Bertz CT molecular complexity index is 908. The molecule has 2 fully saturated rings. The predicted octanol–water partition coefficient (Wildman–Crippen LogP) is 6.54. The third-order valence-corrected chi connectivity index (χ3v) is 7.92. The number of halogens is 1. The van der Waals surface area contributed by atoms with E-state index in [9.17, 15) is 0 Å². The molecular weight excluding hydrogens is 931 g/mol. The van der Waals surface area contributed by atoms with Crippen molar-refractivity contribution in [3.63, 3.8) is 0 Å². The molecule has 2 aromatic carbocycles. The molecule has 2 aromatic rings. The maximum Gasteiger partial charge on any atom is 0.116 e. The fourth-order valence-corrected chi connectivity index (χ4v) is 5.77. The van der Waals surface area contributed by atoms with Crippen LogP contribution in [0, 0.1) is 101 Å². The first-order valence-electron chi connectivity index (χ1n) is 13.0. The van der Waals surface area contributed by atoms with Crippen molar-refractivity contribution in [2.45, 2.75) is 96.7 Å². The Morgan fingerprint density at radius 1 is 1.03 bits per heavy atom. The molecule has 4 rings (SSSR count). The first-order chi connectivity index (χ1) is 15.9. The Morgan fingerprint density at radius 3 is 2.25 bits per heavy atom. The van der Waals surface area contributed by atoms with Crippen molar-refractivity contribution in [2.75, 3.05) is 6.61 Å². The molecule has 1 saturated carbocycles. The zero-order chi connectivity index (χ0) is 23.4. The maximum absolute atomic E-state index is 15.7. The van der Waals surface area contributed by atoms with Crippen LogP contribution in [0.25, 0.3) is 0 Å². The van der Waals surface area contributed by atoms with Crippen LogP contribution in [0.1, 0.15) is 87.5 Å². The minimum Gasteiger partial charge on any atom is -0.378 e. The summed E-state index contributed by atoms with van der Waals surface area (Å²) in [5.41, 5.74) is 3.60. The van der Waals surface area contributed by atoms with E-state index in [2.05, 4.69) is 45.4 Å². The van der Waals surface area contributed by atoms with Crippen LogP contribution in [0.15, 0.2) is 24.3 Å². The summed E-state index contributed by atoms with van der Waals surface area (Å²) in [7, 11) is 2.06. The molecule has 0 spiro atoms. The largest absolute Gasteiger partial charge is 0.378 e. The molecule has 1 saturated heterocycles. The molecule has 3 unspecified atom stereocenters. The van der Waals surface area contributed by atoms with E-state index in [1.165, 1.54) is 49.7 Å². The van der Waals surface area contributed by atoms with E-state index in [4.69, 9.17) is 4.74 Å². The fraction of sp³-hybridized carbons (Fsp3) is 0.600. The van der Waals surface area contributed by atoms with Gasteiger partial charge in [0.25, 0.3) is 0 Å².